The molecule has 7 heteroatoms. The van der Waals surface area contributed by atoms with Crippen LogP contribution < -0.4 is 10.6 Å². The number of guanidine groups is 1. The number of aliphatic imine (C=N–C) groups is 1. The molecule has 0 unspecified atom stereocenters. The van der Waals surface area contributed by atoms with E-state index < -0.39 is 0 Å². The van der Waals surface area contributed by atoms with E-state index in [1.165, 1.54) is 12.8 Å². The lowest BCUT2D eigenvalue weighted by Gasteiger charge is -2.33. The summed E-state index contributed by atoms with van der Waals surface area (Å²) in [5.41, 5.74) is 1.16. The number of rotatable bonds is 6. The number of amides is 1. The molecule has 1 aromatic carbocycles. The molecule has 1 aromatic rings. The number of nitrogens with one attached hydrogen (secondary N) is 2. The van der Waals surface area contributed by atoms with Crippen LogP contribution >= 0.6 is 24.0 Å². The van der Waals surface area contributed by atoms with Gasteiger partial charge in [0, 0.05) is 39.3 Å². The molecule has 0 radical (unpaired) electrons. The zero-order chi connectivity index (χ0) is 18.4. The van der Waals surface area contributed by atoms with Crippen molar-refractivity contribution in [2.45, 2.75) is 44.3 Å². The van der Waals surface area contributed by atoms with Crippen LogP contribution in [0.25, 0.3) is 0 Å². The van der Waals surface area contributed by atoms with Crippen LogP contribution in [0.5, 0.6) is 0 Å². The molecule has 0 atom stereocenters. The fourth-order valence-electron chi connectivity index (χ4n) is 3.27. The first-order valence-electron chi connectivity index (χ1n) is 9.65. The van der Waals surface area contributed by atoms with Crippen molar-refractivity contribution in [2.24, 2.45) is 4.99 Å². The molecule has 2 aliphatic rings. The fraction of sp³-hybridized carbons (Fsp3) is 0.600. The van der Waals surface area contributed by atoms with Crippen molar-refractivity contribution in [1.29, 1.82) is 0 Å². The van der Waals surface area contributed by atoms with Gasteiger partial charge in [0.15, 0.2) is 5.96 Å². The Hall–Kier alpha value is -1.35. The van der Waals surface area contributed by atoms with E-state index in [0.29, 0.717) is 12.6 Å². The van der Waals surface area contributed by atoms with Gasteiger partial charge in [-0.1, -0.05) is 30.3 Å². The SMILES string of the molecule is CN(C)C(=O)CNC(=NCc1ccccc1)NC1CCN(C2CC2)CC1.I. The molecule has 1 amide bonds. The summed E-state index contributed by atoms with van der Waals surface area (Å²) in [6, 6.07) is 11.5. The molecule has 27 heavy (non-hydrogen) atoms. The summed E-state index contributed by atoms with van der Waals surface area (Å²) in [4.78, 5) is 20.8. The Labute approximate surface area is 179 Å². The fourth-order valence-corrected chi connectivity index (χ4v) is 3.27. The second-order valence-corrected chi connectivity index (χ2v) is 7.48. The van der Waals surface area contributed by atoms with Crippen molar-refractivity contribution in [3.05, 3.63) is 35.9 Å². The quantitative estimate of drug-likeness (QED) is 0.368. The highest BCUT2D eigenvalue weighted by Crippen LogP contribution is 2.29. The topological polar surface area (TPSA) is 60.0 Å². The van der Waals surface area contributed by atoms with Gasteiger partial charge in [-0.05, 0) is 31.2 Å². The molecule has 1 aliphatic carbocycles. The molecule has 1 saturated heterocycles. The van der Waals surface area contributed by atoms with Gasteiger partial charge in [-0.3, -0.25) is 4.79 Å². The van der Waals surface area contributed by atoms with Crippen molar-refractivity contribution in [3.8, 4) is 0 Å². The number of hydrogen-bond donors (Lipinski definition) is 2. The van der Waals surface area contributed by atoms with Crippen LogP contribution in [0.3, 0.4) is 0 Å². The predicted molar refractivity (Wildman–Crippen MR) is 120 cm³/mol. The Balaban J connectivity index is 0.00000261. The summed E-state index contributed by atoms with van der Waals surface area (Å²) >= 11 is 0. The van der Waals surface area contributed by atoms with E-state index in [1.54, 1.807) is 19.0 Å². The highest BCUT2D eigenvalue weighted by Gasteiger charge is 2.31. The van der Waals surface area contributed by atoms with E-state index in [-0.39, 0.29) is 36.4 Å². The molecule has 0 aromatic heterocycles. The monoisotopic (exact) mass is 485 g/mol. The number of carbonyl (C=O) groups is 1. The van der Waals surface area contributed by atoms with Gasteiger partial charge in [-0.15, -0.1) is 24.0 Å². The Morgan fingerprint density at radius 1 is 1.15 bits per heavy atom. The van der Waals surface area contributed by atoms with Crippen LogP contribution in [0, 0.1) is 0 Å². The Morgan fingerprint density at radius 3 is 2.41 bits per heavy atom. The van der Waals surface area contributed by atoms with Crippen molar-refractivity contribution in [3.63, 3.8) is 0 Å². The molecule has 2 fully saturated rings. The Kier molecular flexibility index (Phi) is 8.82. The summed E-state index contributed by atoms with van der Waals surface area (Å²) in [5.74, 6) is 0.775. The second-order valence-electron chi connectivity index (χ2n) is 7.48. The average molecular weight is 485 g/mol. The van der Waals surface area contributed by atoms with Gasteiger partial charge in [0.2, 0.25) is 5.91 Å². The van der Waals surface area contributed by atoms with E-state index in [9.17, 15) is 4.79 Å². The number of carbonyl (C=O) groups excluding carboxylic acids is 1. The van der Waals surface area contributed by atoms with Gasteiger partial charge in [-0.2, -0.15) is 0 Å². The summed E-state index contributed by atoms with van der Waals surface area (Å²) in [6.45, 7) is 3.18. The number of benzene rings is 1. The lowest BCUT2D eigenvalue weighted by Crippen LogP contribution is -2.50. The molecule has 3 rings (SSSR count). The first kappa shape index (κ1) is 21.9. The minimum absolute atomic E-state index is 0. The smallest absolute Gasteiger partial charge is 0.241 e. The second kappa shape index (κ2) is 10.8. The van der Waals surface area contributed by atoms with Crippen LogP contribution in [-0.4, -0.2) is 67.5 Å². The highest BCUT2D eigenvalue weighted by molar-refractivity contribution is 14.0. The van der Waals surface area contributed by atoms with Crippen LogP contribution in [-0.2, 0) is 11.3 Å². The molecular weight excluding hydrogens is 453 g/mol. The largest absolute Gasteiger partial charge is 0.354 e. The van der Waals surface area contributed by atoms with Crippen LogP contribution in [0.1, 0.15) is 31.2 Å². The first-order chi connectivity index (χ1) is 12.6. The van der Waals surface area contributed by atoms with Gasteiger partial charge >= 0.3 is 0 Å². The number of likely N-dealkylation sites (N-methyl/N-ethyl adjacent to an activating group) is 1. The van der Waals surface area contributed by atoms with Gasteiger partial charge in [0.25, 0.3) is 0 Å². The normalized spacial score (nSPS) is 18.5. The van der Waals surface area contributed by atoms with Crippen molar-refractivity contribution in [2.75, 3.05) is 33.7 Å². The maximum Gasteiger partial charge on any atom is 0.241 e. The third-order valence-electron chi connectivity index (χ3n) is 5.10. The van der Waals surface area contributed by atoms with Gasteiger partial charge in [-0.25, -0.2) is 4.99 Å². The number of nitrogens with zero attached hydrogens (tertiary/aromatic N) is 3. The summed E-state index contributed by atoms with van der Waals surface area (Å²) in [7, 11) is 3.54. The van der Waals surface area contributed by atoms with Crippen molar-refractivity contribution in [1.82, 2.24) is 20.4 Å². The zero-order valence-corrected chi connectivity index (χ0v) is 18.7. The lowest BCUT2D eigenvalue weighted by molar-refractivity contribution is -0.127. The third kappa shape index (κ3) is 7.29. The van der Waals surface area contributed by atoms with Crippen LogP contribution in [0.2, 0.25) is 0 Å². The first-order valence-corrected chi connectivity index (χ1v) is 9.65. The number of piperidine rings is 1. The van der Waals surface area contributed by atoms with Crippen molar-refractivity contribution >= 4 is 35.8 Å². The standard InChI is InChI=1S/C20H31N5O.HI/c1-24(2)19(26)15-22-20(21-14-16-6-4-3-5-7-16)23-17-10-12-25(13-11-17)18-8-9-18;/h3-7,17-18H,8-15H2,1-2H3,(H2,21,22,23);1H. The Bertz CT molecular complexity index is 610. The van der Waals surface area contributed by atoms with E-state index in [1.807, 2.05) is 18.2 Å². The summed E-state index contributed by atoms with van der Waals surface area (Å²) in [6.07, 6.45) is 5.00. The van der Waals surface area contributed by atoms with E-state index >= 15 is 0 Å². The van der Waals surface area contributed by atoms with E-state index in [2.05, 4.69) is 27.7 Å². The number of halogens is 1. The zero-order valence-electron chi connectivity index (χ0n) is 16.4. The third-order valence-corrected chi connectivity index (χ3v) is 5.10. The van der Waals surface area contributed by atoms with E-state index in [4.69, 9.17) is 4.99 Å². The van der Waals surface area contributed by atoms with Gasteiger partial charge in [0.1, 0.15) is 0 Å². The van der Waals surface area contributed by atoms with Crippen molar-refractivity contribution < 1.29 is 4.79 Å². The highest BCUT2D eigenvalue weighted by atomic mass is 127. The molecule has 2 N–H and O–H groups in total. The maximum atomic E-state index is 11.9. The minimum atomic E-state index is 0. The maximum absolute atomic E-state index is 11.9. The van der Waals surface area contributed by atoms with Crippen LogP contribution in [0.15, 0.2) is 35.3 Å². The molecular formula is C20H32IN5O. The number of hydrogen-bond acceptors (Lipinski definition) is 3. The lowest BCUT2D eigenvalue weighted by atomic mass is 10.1. The molecule has 0 spiro atoms. The molecule has 1 heterocycles. The van der Waals surface area contributed by atoms with Crippen LogP contribution in [0.4, 0.5) is 0 Å². The molecule has 6 nitrogen and oxygen atoms in total. The van der Waals surface area contributed by atoms with E-state index in [0.717, 1.165) is 43.5 Å². The predicted octanol–water partition coefficient (Wildman–Crippen LogP) is 2.05. The summed E-state index contributed by atoms with van der Waals surface area (Å²) in [5, 5.41) is 6.74. The molecule has 150 valence electrons. The minimum Gasteiger partial charge on any atom is -0.354 e. The Morgan fingerprint density at radius 2 is 1.81 bits per heavy atom. The number of likely N-dealkylation sites (tertiary alicyclic amines) is 1. The molecule has 0 bridgehead atoms. The average Bonchev–Trinajstić information content (AvgIpc) is 3.50. The molecule has 1 aliphatic heterocycles. The molecule has 1 saturated carbocycles. The van der Waals surface area contributed by atoms with Gasteiger partial charge in [0.05, 0.1) is 13.1 Å². The van der Waals surface area contributed by atoms with Gasteiger partial charge < -0.3 is 20.4 Å². The summed E-state index contributed by atoms with van der Waals surface area (Å²) < 4.78 is 0.